The van der Waals surface area contributed by atoms with Crippen LogP contribution in [0.2, 0.25) is 0 Å². The van der Waals surface area contributed by atoms with Crippen molar-refractivity contribution in [3.63, 3.8) is 0 Å². The Morgan fingerprint density at radius 1 is 1.27 bits per heavy atom. The van der Waals surface area contributed by atoms with Crippen LogP contribution < -0.4 is 5.32 Å². The molecule has 0 aromatic carbocycles. The molecule has 2 nitrogen and oxygen atoms in total. The minimum atomic E-state index is 0.931. The first-order chi connectivity index (χ1) is 5.43. The summed E-state index contributed by atoms with van der Waals surface area (Å²) in [4.78, 5) is 2.41. The van der Waals surface area contributed by atoms with Gasteiger partial charge >= 0.3 is 0 Å². The molecule has 0 spiro atoms. The van der Waals surface area contributed by atoms with Crippen LogP contribution in [0.1, 0.15) is 19.3 Å². The summed E-state index contributed by atoms with van der Waals surface area (Å²) in [6, 6.07) is 2.85. The van der Waals surface area contributed by atoms with E-state index in [0.29, 0.717) is 0 Å². The highest BCUT2D eigenvalue weighted by atomic mass is 15.1. The molecule has 62 valence electrons. The van der Waals surface area contributed by atoms with E-state index < -0.39 is 0 Å². The van der Waals surface area contributed by atoms with Crippen molar-refractivity contribution in [3.05, 3.63) is 0 Å². The second-order valence-electron chi connectivity index (χ2n) is 2.89. The van der Waals surface area contributed by atoms with Crippen LogP contribution in [0.4, 0.5) is 0 Å². The highest BCUT2D eigenvalue weighted by Crippen LogP contribution is 2.06. The summed E-state index contributed by atoms with van der Waals surface area (Å²) in [6.07, 6.45) is 4.10. The van der Waals surface area contributed by atoms with Gasteiger partial charge in [-0.25, -0.2) is 0 Å². The Labute approximate surface area is 69.0 Å². The van der Waals surface area contributed by atoms with Gasteiger partial charge in [-0.15, -0.1) is 0 Å². The van der Waals surface area contributed by atoms with Crippen molar-refractivity contribution >= 4 is 0 Å². The Kier molecular flexibility index (Phi) is 3.85. The van der Waals surface area contributed by atoms with Crippen LogP contribution in [0, 0.1) is 12.0 Å². The molecule has 0 radical (unpaired) electrons. The van der Waals surface area contributed by atoms with Gasteiger partial charge in [0.15, 0.2) is 0 Å². The molecule has 1 aliphatic rings. The average Bonchev–Trinajstić information content (AvgIpc) is 2.07. The van der Waals surface area contributed by atoms with Crippen LogP contribution in [0.25, 0.3) is 0 Å². The molecule has 1 aliphatic heterocycles. The number of nitrogens with one attached hydrogen (secondary N) is 1. The van der Waals surface area contributed by atoms with Crippen LogP contribution >= 0.6 is 0 Å². The van der Waals surface area contributed by atoms with E-state index in [2.05, 4.69) is 22.2 Å². The molecular formula is C9H16N2. The average molecular weight is 152 g/mol. The first kappa shape index (κ1) is 8.42. The van der Waals surface area contributed by atoms with Gasteiger partial charge in [0.2, 0.25) is 0 Å². The molecule has 1 rings (SSSR count). The van der Waals surface area contributed by atoms with E-state index in [-0.39, 0.29) is 0 Å². The molecule has 0 atom stereocenters. The first-order valence-corrected chi connectivity index (χ1v) is 4.30. The van der Waals surface area contributed by atoms with E-state index in [1.54, 1.807) is 0 Å². The summed E-state index contributed by atoms with van der Waals surface area (Å²) in [7, 11) is 1.85. The van der Waals surface area contributed by atoms with Crippen molar-refractivity contribution in [2.24, 2.45) is 0 Å². The molecule has 0 amide bonds. The van der Waals surface area contributed by atoms with Crippen LogP contribution in [0.5, 0.6) is 0 Å². The third-order valence-electron chi connectivity index (χ3n) is 1.96. The molecule has 0 saturated carbocycles. The van der Waals surface area contributed by atoms with Crippen LogP contribution in [0.15, 0.2) is 0 Å². The molecule has 0 aliphatic carbocycles. The monoisotopic (exact) mass is 152 g/mol. The quantitative estimate of drug-likeness (QED) is 0.438. The lowest BCUT2D eigenvalue weighted by atomic mass is 10.1. The predicted molar refractivity (Wildman–Crippen MR) is 47.1 cm³/mol. The van der Waals surface area contributed by atoms with Crippen molar-refractivity contribution < 1.29 is 0 Å². The number of likely N-dealkylation sites (tertiary alicyclic amines) is 1. The highest BCUT2D eigenvalue weighted by molar-refractivity contribution is 4.98. The summed E-state index contributed by atoms with van der Waals surface area (Å²) in [5, 5.41) is 2.82. The summed E-state index contributed by atoms with van der Waals surface area (Å²) in [5.74, 6) is 3.07. The first-order valence-electron chi connectivity index (χ1n) is 4.30. The fraction of sp³-hybridized carbons (Fsp3) is 0.778. The molecule has 1 N–H and O–H groups in total. The summed E-state index contributed by atoms with van der Waals surface area (Å²) >= 11 is 0. The predicted octanol–water partition coefficient (Wildman–Crippen LogP) is 0.653. The molecule has 0 unspecified atom stereocenters. The maximum absolute atomic E-state index is 3.07. The van der Waals surface area contributed by atoms with E-state index in [0.717, 1.165) is 6.54 Å². The number of piperidine rings is 1. The van der Waals surface area contributed by atoms with Crippen molar-refractivity contribution in [2.75, 3.05) is 26.7 Å². The number of nitrogens with zero attached hydrogens (tertiary/aromatic N) is 1. The Bertz CT molecular complexity index is 149. The molecule has 1 saturated heterocycles. The second kappa shape index (κ2) is 5.03. The van der Waals surface area contributed by atoms with Gasteiger partial charge in [0, 0.05) is 13.1 Å². The van der Waals surface area contributed by atoms with E-state index in [4.69, 9.17) is 0 Å². The fourth-order valence-electron chi connectivity index (χ4n) is 1.36. The van der Waals surface area contributed by atoms with Gasteiger partial charge in [-0.05, 0) is 25.9 Å². The van der Waals surface area contributed by atoms with Crippen molar-refractivity contribution in [1.82, 2.24) is 10.2 Å². The van der Waals surface area contributed by atoms with Gasteiger partial charge in [0.1, 0.15) is 0 Å². The Hall–Kier alpha value is -0.680. The van der Waals surface area contributed by atoms with E-state index in [9.17, 15) is 0 Å². The van der Waals surface area contributed by atoms with Gasteiger partial charge in [-0.3, -0.25) is 4.90 Å². The summed E-state index contributed by atoms with van der Waals surface area (Å²) < 4.78 is 0. The molecule has 0 aromatic rings. The topological polar surface area (TPSA) is 15.3 Å². The number of hydrogen-bond acceptors (Lipinski definition) is 2. The fourth-order valence-corrected chi connectivity index (χ4v) is 1.36. The third kappa shape index (κ3) is 3.29. The van der Waals surface area contributed by atoms with Crippen molar-refractivity contribution in [3.8, 4) is 12.0 Å². The normalized spacial score (nSPS) is 18.6. The smallest absolute Gasteiger partial charge is 0.0620 e. The van der Waals surface area contributed by atoms with E-state index >= 15 is 0 Å². The Morgan fingerprint density at radius 2 is 2.00 bits per heavy atom. The zero-order chi connectivity index (χ0) is 7.94. The number of hydrogen-bond donors (Lipinski definition) is 1. The van der Waals surface area contributed by atoms with Crippen LogP contribution in [-0.2, 0) is 0 Å². The minimum absolute atomic E-state index is 0.931. The van der Waals surface area contributed by atoms with Gasteiger partial charge < -0.3 is 5.32 Å². The molecular weight excluding hydrogens is 136 g/mol. The number of rotatable bonds is 1. The molecule has 0 aromatic heterocycles. The van der Waals surface area contributed by atoms with Crippen LogP contribution in [-0.4, -0.2) is 31.6 Å². The van der Waals surface area contributed by atoms with Crippen molar-refractivity contribution in [1.29, 1.82) is 0 Å². The summed E-state index contributed by atoms with van der Waals surface area (Å²) in [6.45, 7) is 3.40. The standard InChI is InChI=1S/C9H16N2/c1-10-6-5-9-11-7-3-2-4-8-11/h10H,2-4,7-9H2,1H3. The molecule has 11 heavy (non-hydrogen) atoms. The lowest BCUT2D eigenvalue weighted by Gasteiger charge is -2.23. The van der Waals surface area contributed by atoms with Gasteiger partial charge in [-0.1, -0.05) is 12.3 Å². The van der Waals surface area contributed by atoms with Crippen LogP contribution in [0.3, 0.4) is 0 Å². The van der Waals surface area contributed by atoms with Gasteiger partial charge in [-0.2, -0.15) is 0 Å². The van der Waals surface area contributed by atoms with Crippen molar-refractivity contribution in [2.45, 2.75) is 19.3 Å². The minimum Gasteiger partial charge on any atom is -0.349 e. The lowest BCUT2D eigenvalue weighted by Crippen LogP contribution is -2.30. The molecule has 0 bridgehead atoms. The van der Waals surface area contributed by atoms with Gasteiger partial charge in [0.05, 0.1) is 6.54 Å². The zero-order valence-electron chi connectivity index (χ0n) is 7.19. The SMILES string of the molecule is CNC#CCN1CCCCC1. The molecule has 1 heterocycles. The Balaban J connectivity index is 2.14. The Morgan fingerprint density at radius 3 is 2.64 bits per heavy atom. The largest absolute Gasteiger partial charge is 0.349 e. The van der Waals surface area contributed by atoms with E-state index in [1.165, 1.54) is 32.4 Å². The lowest BCUT2D eigenvalue weighted by molar-refractivity contribution is 0.255. The molecule has 1 fully saturated rings. The summed E-state index contributed by atoms with van der Waals surface area (Å²) in [5.41, 5.74) is 0. The maximum atomic E-state index is 3.07. The van der Waals surface area contributed by atoms with Gasteiger partial charge in [0.25, 0.3) is 0 Å². The molecule has 2 heteroatoms. The highest BCUT2D eigenvalue weighted by Gasteiger charge is 2.07. The second-order valence-corrected chi connectivity index (χ2v) is 2.89. The third-order valence-corrected chi connectivity index (χ3v) is 1.96. The maximum Gasteiger partial charge on any atom is 0.0620 e. The zero-order valence-corrected chi connectivity index (χ0v) is 7.19. The van der Waals surface area contributed by atoms with E-state index in [1.807, 2.05) is 7.05 Å².